The molecular formula is C20H24BrN2O+. The Hall–Kier alpha value is -1.78. The molecule has 126 valence electrons. The van der Waals surface area contributed by atoms with Crippen molar-refractivity contribution in [3.8, 4) is 5.75 Å². The highest BCUT2D eigenvalue weighted by atomic mass is 79.9. The van der Waals surface area contributed by atoms with E-state index in [-0.39, 0.29) is 0 Å². The first-order chi connectivity index (χ1) is 11.4. The number of hydrogen-bond acceptors (Lipinski definition) is 1. The molecule has 0 aliphatic carbocycles. The number of rotatable bonds is 5. The molecule has 2 aromatic carbocycles. The van der Waals surface area contributed by atoms with E-state index in [1.54, 1.807) is 0 Å². The van der Waals surface area contributed by atoms with Crippen LogP contribution in [-0.2, 0) is 6.54 Å². The Morgan fingerprint density at radius 1 is 1.08 bits per heavy atom. The highest BCUT2D eigenvalue weighted by Gasteiger charge is 2.23. The van der Waals surface area contributed by atoms with E-state index >= 15 is 0 Å². The van der Waals surface area contributed by atoms with Crippen LogP contribution >= 0.6 is 15.9 Å². The van der Waals surface area contributed by atoms with Gasteiger partial charge in [0.25, 0.3) is 0 Å². The predicted molar refractivity (Wildman–Crippen MR) is 103 cm³/mol. The van der Waals surface area contributed by atoms with Crippen molar-refractivity contribution in [2.24, 2.45) is 0 Å². The van der Waals surface area contributed by atoms with Crippen molar-refractivity contribution in [3.63, 3.8) is 0 Å². The SMILES string of the molecule is CC[N+](C)(C)Oc1c(C)n(Cc2ccccc2)c2ccc(Br)cc12. The lowest BCUT2D eigenvalue weighted by molar-refractivity contribution is -1.05. The zero-order chi connectivity index (χ0) is 17.3. The van der Waals surface area contributed by atoms with Crippen LogP contribution in [0.1, 0.15) is 18.2 Å². The van der Waals surface area contributed by atoms with Gasteiger partial charge in [-0.3, -0.25) is 0 Å². The summed E-state index contributed by atoms with van der Waals surface area (Å²) >= 11 is 3.59. The van der Waals surface area contributed by atoms with E-state index in [1.807, 2.05) is 0 Å². The van der Waals surface area contributed by atoms with Crippen LogP contribution in [-0.4, -0.2) is 29.9 Å². The second-order valence-electron chi connectivity index (χ2n) is 6.63. The summed E-state index contributed by atoms with van der Waals surface area (Å²) in [5.41, 5.74) is 3.65. The third-order valence-corrected chi connectivity index (χ3v) is 5.00. The lowest BCUT2D eigenvalue weighted by Crippen LogP contribution is -2.42. The quantitative estimate of drug-likeness (QED) is 0.436. The van der Waals surface area contributed by atoms with Crippen LogP contribution in [0.15, 0.2) is 53.0 Å². The van der Waals surface area contributed by atoms with E-state index in [9.17, 15) is 0 Å². The average molecular weight is 388 g/mol. The molecule has 0 saturated heterocycles. The van der Waals surface area contributed by atoms with Crippen LogP contribution in [0.4, 0.5) is 0 Å². The summed E-state index contributed by atoms with van der Waals surface area (Å²) < 4.78 is 3.90. The number of nitrogens with zero attached hydrogens (tertiary/aromatic N) is 2. The Kier molecular flexibility index (Phi) is 4.70. The van der Waals surface area contributed by atoms with E-state index in [0.29, 0.717) is 4.65 Å². The van der Waals surface area contributed by atoms with Crippen LogP contribution in [0.5, 0.6) is 5.75 Å². The number of hydroxylamine groups is 3. The van der Waals surface area contributed by atoms with Crippen molar-refractivity contribution in [1.82, 2.24) is 4.57 Å². The largest absolute Gasteiger partial charge is 0.337 e. The normalized spacial score (nSPS) is 11.9. The topological polar surface area (TPSA) is 14.2 Å². The lowest BCUT2D eigenvalue weighted by Gasteiger charge is -2.26. The minimum Gasteiger partial charge on any atom is -0.337 e. The molecule has 0 saturated carbocycles. The van der Waals surface area contributed by atoms with Gasteiger partial charge in [0, 0.05) is 11.0 Å². The Bertz CT molecular complexity index is 853. The maximum absolute atomic E-state index is 6.36. The Morgan fingerprint density at radius 2 is 1.79 bits per heavy atom. The molecule has 0 bridgehead atoms. The second-order valence-corrected chi connectivity index (χ2v) is 7.54. The molecule has 0 spiro atoms. The molecule has 1 heterocycles. The minimum atomic E-state index is 0.498. The van der Waals surface area contributed by atoms with Crippen molar-refractivity contribution in [1.29, 1.82) is 0 Å². The van der Waals surface area contributed by atoms with Crippen molar-refractivity contribution >= 4 is 26.8 Å². The summed E-state index contributed by atoms with van der Waals surface area (Å²) in [6.45, 7) is 6.02. The standard InChI is InChI=1S/C20H24BrN2O/c1-5-23(3,4)24-20-15(2)22(14-16-9-7-6-8-10-16)19-12-11-17(21)13-18(19)20/h6-13H,5,14H2,1-4H3/q+1. The van der Waals surface area contributed by atoms with Crippen LogP contribution in [0, 0.1) is 6.92 Å². The highest BCUT2D eigenvalue weighted by molar-refractivity contribution is 9.10. The molecule has 0 amide bonds. The lowest BCUT2D eigenvalue weighted by atomic mass is 10.2. The number of halogens is 1. The Labute approximate surface area is 152 Å². The maximum Gasteiger partial charge on any atom is 0.218 e. The zero-order valence-corrected chi connectivity index (χ0v) is 16.3. The Balaban J connectivity index is 2.14. The maximum atomic E-state index is 6.36. The fraction of sp³-hybridized carbons (Fsp3) is 0.300. The average Bonchev–Trinajstić information content (AvgIpc) is 2.81. The van der Waals surface area contributed by atoms with Gasteiger partial charge in [0.15, 0.2) is 0 Å². The van der Waals surface area contributed by atoms with E-state index in [4.69, 9.17) is 4.84 Å². The third kappa shape index (κ3) is 3.35. The fourth-order valence-corrected chi connectivity index (χ4v) is 3.18. The van der Waals surface area contributed by atoms with Gasteiger partial charge >= 0.3 is 0 Å². The molecular weight excluding hydrogens is 364 g/mol. The van der Waals surface area contributed by atoms with Gasteiger partial charge in [0.05, 0.1) is 16.6 Å². The summed E-state index contributed by atoms with van der Waals surface area (Å²) in [5, 5.41) is 1.15. The molecule has 0 unspecified atom stereocenters. The van der Waals surface area contributed by atoms with Crippen molar-refractivity contribution in [2.75, 3.05) is 20.6 Å². The molecule has 4 heteroatoms. The number of benzene rings is 2. The molecule has 3 aromatic rings. The number of aromatic nitrogens is 1. The predicted octanol–water partition coefficient (Wildman–Crippen LogP) is 5.15. The van der Waals surface area contributed by atoms with Gasteiger partial charge in [0.2, 0.25) is 5.75 Å². The second kappa shape index (κ2) is 6.61. The molecule has 0 fully saturated rings. The summed E-state index contributed by atoms with van der Waals surface area (Å²) in [6.07, 6.45) is 0. The smallest absolute Gasteiger partial charge is 0.218 e. The molecule has 3 rings (SSSR count). The van der Waals surface area contributed by atoms with Crippen molar-refractivity contribution < 1.29 is 9.48 Å². The number of quaternary nitrogens is 1. The number of hydrogen-bond donors (Lipinski definition) is 0. The minimum absolute atomic E-state index is 0.498. The van der Waals surface area contributed by atoms with Gasteiger partial charge in [-0.1, -0.05) is 46.3 Å². The van der Waals surface area contributed by atoms with Gasteiger partial charge in [-0.2, -0.15) is 0 Å². The van der Waals surface area contributed by atoms with Crippen LogP contribution in [0.25, 0.3) is 10.9 Å². The molecule has 0 aliphatic rings. The van der Waals surface area contributed by atoms with Gasteiger partial charge in [-0.25, -0.2) is 0 Å². The summed E-state index contributed by atoms with van der Waals surface area (Å²) in [4.78, 5) is 6.36. The van der Waals surface area contributed by atoms with Crippen LogP contribution in [0.2, 0.25) is 0 Å². The first-order valence-electron chi connectivity index (χ1n) is 8.26. The highest BCUT2D eigenvalue weighted by Crippen LogP contribution is 2.36. The monoisotopic (exact) mass is 387 g/mol. The van der Waals surface area contributed by atoms with E-state index in [2.05, 4.69) is 97.0 Å². The zero-order valence-electron chi connectivity index (χ0n) is 14.7. The summed E-state index contributed by atoms with van der Waals surface area (Å²) in [7, 11) is 4.16. The molecule has 3 nitrogen and oxygen atoms in total. The van der Waals surface area contributed by atoms with Crippen molar-refractivity contribution in [2.45, 2.75) is 20.4 Å². The molecule has 1 aromatic heterocycles. The van der Waals surface area contributed by atoms with E-state index in [0.717, 1.165) is 34.4 Å². The first kappa shape index (κ1) is 17.1. The molecule has 0 atom stereocenters. The van der Waals surface area contributed by atoms with Gasteiger partial charge in [-0.05, 0) is 37.6 Å². The molecule has 0 aliphatic heterocycles. The molecule has 24 heavy (non-hydrogen) atoms. The molecule has 0 N–H and O–H groups in total. The molecule has 0 radical (unpaired) electrons. The fourth-order valence-electron chi connectivity index (χ4n) is 2.82. The summed E-state index contributed by atoms with van der Waals surface area (Å²) in [5.74, 6) is 0.967. The van der Waals surface area contributed by atoms with Gasteiger partial charge < -0.3 is 9.40 Å². The van der Waals surface area contributed by atoms with E-state index in [1.165, 1.54) is 11.1 Å². The van der Waals surface area contributed by atoms with E-state index < -0.39 is 0 Å². The van der Waals surface area contributed by atoms with Crippen LogP contribution in [0.3, 0.4) is 0 Å². The third-order valence-electron chi connectivity index (χ3n) is 4.51. The number of fused-ring (bicyclic) bond motifs is 1. The first-order valence-corrected chi connectivity index (χ1v) is 9.05. The van der Waals surface area contributed by atoms with Crippen LogP contribution < -0.4 is 4.84 Å². The van der Waals surface area contributed by atoms with Gasteiger partial charge in [-0.15, -0.1) is 4.65 Å². The summed E-state index contributed by atoms with van der Waals surface area (Å²) in [6, 6.07) is 16.9. The van der Waals surface area contributed by atoms with Gasteiger partial charge in [0.1, 0.15) is 20.6 Å². The Morgan fingerprint density at radius 3 is 2.46 bits per heavy atom. The van der Waals surface area contributed by atoms with Crippen molar-refractivity contribution in [3.05, 3.63) is 64.3 Å².